The average Bonchev–Trinajstić information content (AvgIpc) is 3.15. The molecule has 4 rings (SSSR count). The highest BCUT2D eigenvalue weighted by molar-refractivity contribution is 5.97. The molecule has 1 aliphatic carbocycles. The van der Waals surface area contributed by atoms with Crippen LogP contribution in [0.2, 0.25) is 0 Å². The summed E-state index contributed by atoms with van der Waals surface area (Å²) in [5.41, 5.74) is 1.79. The Hall–Kier alpha value is -3.35. The van der Waals surface area contributed by atoms with Crippen LogP contribution in [0.15, 0.2) is 59.2 Å². The van der Waals surface area contributed by atoms with Crippen LogP contribution in [-0.4, -0.2) is 34.1 Å². The fourth-order valence-electron chi connectivity index (χ4n) is 2.82. The minimum absolute atomic E-state index is 0.170. The van der Waals surface area contributed by atoms with Gasteiger partial charge in [0.15, 0.2) is 11.5 Å². The summed E-state index contributed by atoms with van der Waals surface area (Å²) in [5.74, 6) is 0.0151. The molecule has 27 heavy (non-hydrogen) atoms. The predicted octanol–water partition coefficient (Wildman–Crippen LogP) is 2.29. The summed E-state index contributed by atoms with van der Waals surface area (Å²) in [6, 6.07) is 14.3. The van der Waals surface area contributed by atoms with Gasteiger partial charge >= 0.3 is 0 Å². The number of nitrogens with zero attached hydrogens (tertiary/aromatic N) is 1. The summed E-state index contributed by atoms with van der Waals surface area (Å²) in [5, 5.41) is 12.6. The van der Waals surface area contributed by atoms with Crippen LogP contribution in [0.3, 0.4) is 0 Å². The number of hydrogen-bond donors (Lipinski definition) is 3. The molecule has 1 atom stereocenters. The molecule has 7 nitrogen and oxygen atoms in total. The molecule has 1 saturated carbocycles. The molecule has 138 valence electrons. The van der Waals surface area contributed by atoms with Crippen LogP contribution >= 0.6 is 0 Å². The summed E-state index contributed by atoms with van der Waals surface area (Å²) in [6.07, 6.45) is 3.95. The van der Waals surface area contributed by atoms with E-state index in [1.165, 1.54) is 0 Å². The number of aromatic amines is 1. The second kappa shape index (κ2) is 7.49. The number of aromatic nitrogens is 2. The predicted molar refractivity (Wildman–Crippen MR) is 98.9 cm³/mol. The van der Waals surface area contributed by atoms with E-state index >= 15 is 0 Å². The van der Waals surface area contributed by atoms with Crippen molar-refractivity contribution in [1.82, 2.24) is 20.8 Å². The van der Waals surface area contributed by atoms with Crippen molar-refractivity contribution < 1.29 is 14.0 Å². The molecule has 0 spiro atoms. The van der Waals surface area contributed by atoms with Crippen molar-refractivity contribution >= 4 is 11.8 Å². The van der Waals surface area contributed by atoms with Gasteiger partial charge in [0, 0.05) is 18.5 Å². The van der Waals surface area contributed by atoms with Gasteiger partial charge in [-0.2, -0.15) is 5.10 Å². The summed E-state index contributed by atoms with van der Waals surface area (Å²) in [6.45, 7) is 0. The first-order valence-electron chi connectivity index (χ1n) is 8.93. The molecule has 1 unspecified atom stereocenters. The molecule has 1 aliphatic rings. The van der Waals surface area contributed by atoms with Crippen LogP contribution in [0.25, 0.3) is 11.5 Å². The molecule has 3 N–H and O–H groups in total. The number of benzene rings is 1. The Morgan fingerprint density at radius 3 is 2.70 bits per heavy atom. The van der Waals surface area contributed by atoms with E-state index in [1.54, 1.807) is 24.5 Å². The lowest BCUT2D eigenvalue weighted by molar-refractivity contribution is -0.123. The van der Waals surface area contributed by atoms with Crippen molar-refractivity contribution in [2.75, 3.05) is 0 Å². The summed E-state index contributed by atoms with van der Waals surface area (Å²) in [4.78, 5) is 25.2. The zero-order chi connectivity index (χ0) is 18.6. The Morgan fingerprint density at radius 1 is 1.19 bits per heavy atom. The first kappa shape index (κ1) is 17.1. The van der Waals surface area contributed by atoms with E-state index in [9.17, 15) is 9.59 Å². The van der Waals surface area contributed by atoms with Crippen LogP contribution < -0.4 is 10.6 Å². The highest BCUT2D eigenvalue weighted by Crippen LogP contribution is 2.20. The average molecular weight is 364 g/mol. The second-order valence-corrected chi connectivity index (χ2v) is 6.64. The molecule has 2 aromatic heterocycles. The number of furan rings is 1. The molecule has 1 fully saturated rings. The van der Waals surface area contributed by atoms with E-state index in [-0.39, 0.29) is 17.6 Å². The lowest BCUT2D eigenvalue weighted by Crippen LogP contribution is -2.48. The smallest absolute Gasteiger partial charge is 0.272 e. The maximum atomic E-state index is 12.6. The minimum Gasteiger partial charge on any atom is -0.463 e. The van der Waals surface area contributed by atoms with Crippen LogP contribution in [0.4, 0.5) is 0 Å². The largest absolute Gasteiger partial charge is 0.463 e. The Balaban J connectivity index is 1.48. The third-order valence-electron chi connectivity index (χ3n) is 4.43. The molecule has 1 aromatic carbocycles. The van der Waals surface area contributed by atoms with Crippen molar-refractivity contribution in [3.63, 3.8) is 0 Å². The monoisotopic (exact) mass is 364 g/mol. The van der Waals surface area contributed by atoms with Gasteiger partial charge in [0.2, 0.25) is 5.91 Å². The van der Waals surface area contributed by atoms with Gasteiger partial charge in [0.25, 0.3) is 5.91 Å². The zero-order valence-corrected chi connectivity index (χ0v) is 14.6. The summed E-state index contributed by atoms with van der Waals surface area (Å²) < 4.78 is 5.29. The van der Waals surface area contributed by atoms with Gasteiger partial charge in [0.1, 0.15) is 11.7 Å². The lowest BCUT2D eigenvalue weighted by atomic mass is 10.0. The number of amides is 2. The number of carbonyl (C=O) groups excluding carboxylic acids is 2. The first-order chi connectivity index (χ1) is 13.2. The highest BCUT2D eigenvalue weighted by Gasteiger charge is 2.29. The number of hydrogen-bond acceptors (Lipinski definition) is 4. The van der Waals surface area contributed by atoms with Crippen LogP contribution in [0.1, 0.15) is 28.9 Å². The van der Waals surface area contributed by atoms with Gasteiger partial charge in [-0.1, -0.05) is 30.3 Å². The molecule has 0 saturated heterocycles. The summed E-state index contributed by atoms with van der Waals surface area (Å²) in [7, 11) is 0. The number of rotatable bonds is 7. The fraction of sp³-hybridized carbons (Fsp3) is 0.250. The van der Waals surface area contributed by atoms with E-state index in [0.717, 1.165) is 18.4 Å². The Kier molecular flexibility index (Phi) is 4.74. The molecular weight excluding hydrogens is 344 g/mol. The second-order valence-electron chi connectivity index (χ2n) is 6.64. The maximum Gasteiger partial charge on any atom is 0.272 e. The Morgan fingerprint density at radius 2 is 2.00 bits per heavy atom. The van der Waals surface area contributed by atoms with Gasteiger partial charge in [-0.15, -0.1) is 0 Å². The quantitative estimate of drug-likeness (QED) is 0.599. The van der Waals surface area contributed by atoms with Gasteiger partial charge < -0.3 is 15.1 Å². The molecule has 0 bridgehead atoms. The van der Waals surface area contributed by atoms with Gasteiger partial charge in [-0.3, -0.25) is 14.7 Å². The van der Waals surface area contributed by atoms with Crippen LogP contribution in [-0.2, 0) is 11.2 Å². The molecular formula is C20H20N4O3. The fourth-order valence-corrected chi connectivity index (χ4v) is 2.82. The van der Waals surface area contributed by atoms with Gasteiger partial charge in [-0.05, 0) is 30.5 Å². The van der Waals surface area contributed by atoms with E-state index in [1.807, 2.05) is 30.3 Å². The van der Waals surface area contributed by atoms with E-state index in [4.69, 9.17) is 4.42 Å². The third-order valence-corrected chi connectivity index (χ3v) is 4.43. The summed E-state index contributed by atoms with van der Waals surface area (Å²) >= 11 is 0. The van der Waals surface area contributed by atoms with Gasteiger partial charge in [-0.25, -0.2) is 0 Å². The maximum absolute atomic E-state index is 12.6. The standard InChI is InChI=1S/C20H20N4O3/c25-19(21-14-8-9-14)16(11-13-5-2-1-3-6-13)22-20(26)17-12-15(23-24-17)18-7-4-10-27-18/h1-7,10,12,14,16H,8-9,11H2,(H,21,25)(H,22,26)(H,23,24). The highest BCUT2D eigenvalue weighted by atomic mass is 16.3. The molecule has 2 heterocycles. The zero-order valence-electron chi connectivity index (χ0n) is 14.6. The van der Waals surface area contributed by atoms with E-state index < -0.39 is 11.9 Å². The molecule has 0 radical (unpaired) electrons. The third kappa shape index (κ3) is 4.25. The number of H-pyrrole nitrogens is 1. The number of carbonyl (C=O) groups is 2. The van der Waals surface area contributed by atoms with Crippen molar-refractivity contribution in [3.05, 3.63) is 66.1 Å². The molecule has 7 heteroatoms. The van der Waals surface area contributed by atoms with E-state index in [2.05, 4.69) is 20.8 Å². The molecule has 3 aromatic rings. The SMILES string of the molecule is O=C(NC(Cc1ccccc1)C(=O)NC1CC1)c1cc(-c2ccco2)[nH]n1. The lowest BCUT2D eigenvalue weighted by Gasteiger charge is -2.18. The van der Waals surface area contributed by atoms with Crippen molar-refractivity contribution in [3.8, 4) is 11.5 Å². The van der Waals surface area contributed by atoms with Crippen molar-refractivity contribution in [2.24, 2.45) is 0 Å². The number of nitrogens with one attached hydrogen (secondary N) is 3. The Labute approximate surface area is 156 Å². The van der Waals surface area contributed by atoms with Crippen molar-refractivity contribution in [2.45, 2.75) is 31.3 Å². The van der Waals surface area contributed by atoms with E-state index in [0.29, 0.717) is 17.9 Å². The topological polar surface area (TPSA) is 100 Å². The van der Waals surface area contributed by atoms with Crippen molar-refractivity contribution in [1.29, 1.82) is 0 Å². The minimum atomic E-state index is -0.663. The molecule has 2 amide bonds. The van der Waals surface area contributed by atoms with Crippen LogP contribution in [0, 0.1) is 0 Å². The first-order valence-corrected chi connectivity index (χ1v) is 8.93. The normalized spacial score (nSPS) is 14.5. The Bertz CT molecular complexity index is 914. The van der Waals surface area contributed by atoms with Gasteiger partial charge in [0.05, 0.1) is 6.26 Å². The molecule has 0 aliphatic heterocycles. The van der Waals surface area contributed by atoms with Crippen LogP contribution in [0.5, 0.6) is 0 Å².